The molecule has 2 aliphatic rings. The molecule has 0 bridgehead atoms. The number of nitrogens with zero attached hydrogens (tertiary/aromatic N) is 5. The number of benzene rings is 2. The fraction of sp³-hybridized carbons (Fsp3) is 0.192. The number of fused-ring (bicyclic) bond motifs is 1. The quantitative estimate of drug-likeness (QED) is 0.259. The van der Waals surface area contributed by atoms with Crippen LogP contribution in [0.15, 0.2) is 75.8 Å². The zero-order chi connectivity index (χ0) is 29.8. The minimum absolute atomic E-state index is 0.0214. The van der Waals surface area contributed by atoms with Crippen LogP contribution in [0.1, 0.15) is 35.3 Å². The molecule has 4 heterocycles. The second kappa shape index (κ2) is 10.9. The molecule has 0 unspecified atom stereocenters. The number of thiazole rings is 1. The van der Waals surface area contributed by atoms with Crippen LogP contribution < -0.4 is 4.72 Å². The van der Waals surface area contributed by atoms with Crippen molar-refractivity contribution in [3.05, 3.63) is 105 Å². The molecular weight excluding hydrogens is 623 g/mol. The van der Waals surface area contributed by atoms with Crippen LogP contribution in [-0.2, 0) is 10.0 Å². The number of hydrogen-bond donors (Lipinski definition) is 1. The average molecular weight is 641 g/mol. The zero-order valence-corrected chi connectivity index (χ0v) is 23.4. The van der Waals surface area contributed by atoms with Gasteiger partial charge in [-0.25, -0.2) is 36.0 Å². The molecule has 0 spiro atoms. The van der Waals surface area contributed by atoms with E-state index in [0.29, 0.717) is 50.6 Å². The van der Waals surface area contributed by atoms with E-state index in [4.69, 9.17) is 16.6 Å². The van der Waals surface area contributed by atoms with Crippen molar-refractivity contribution in [3.8, 4) is 0 Å². The summed E-state index contributed by atoms with van der Waals surface area (Å²) in [5.74, 6) is -2.36. The Labute approximate surface area is 244 Å². The maximum Gasteiger partial charge on any atom is 0.333 e. The van der Waals surface area contributed by atoms with Crippen LogP contribution in [0.3, 0.4) is 0 Å². The summed E-state index contributed by atoms with van der Waals surface area (Å²) in [5, 5.41) is 6.26. The van der Waals surface area contributed by atoms with Crippen LogP contribution >= 0.6 is 22.9 Å². The Morgan fingerprint density at radius 3 is 2.45 bits per heavy atom. The predicted octanol–water partition coefficient (Wildman–Crippen LogP) is 5.77. The molecule has 2 atom stereocenters. The van der Waals surface area contributed by atoms with Gasteiger partial charge in [0.25, 0.3) is 0 Å². The molecule has 0 aliphatic carbocycles. The highest BCUT2D eigenvalue weighted by Crippen LogP contribution is 2.46. The first-order valence-corrected chi connectivity index (χ1v) is 15.0. The number of alkyl halides is 2. The molecule has 1 fully saturated rings. The molecule has 218 valence electrons. The Hall–Kier alpha value is -3.66. The molecule has 1 N–H and O–H groups in total. The first-order chi connectivity index (χ1) is 20.0. The summed E-state index contributed by atoms with van der Waals surface area (Å²) in [4.78, 5) is 10.3. The van der Waals surface area contributed by atoms with Crippen molar-refractivity contribution in [2.24, 2.45) is 4.99 Å². The van der Waals surface area contributed by atoms with Gasteiger partial charge in [-0.05, 0) is 30.3 Å². The highest BCUT2D eigenvalue weighted by Gasteiger charge is 2.42. The molecule has 8 nitrogen and oxygen atoms in total. The van der Waals surface area contributed by atoms with Gasteiger partial charge in [-0.2, -0.15) is 13.9 Å². The third kappa shape index (κ3) is 5.32. The van der Waals surface area contributed by atoms with E-state index in [2.05, 4.69) is 14.8 Å². The van der Waals surface area contributed by atoms with E-state index >= 15 is 0 Å². The number of halogens is 6. The van der Waals surface area contributed by atoms with Crippen LogP contribution in [0, 0.1) is 17.5 Å². The van der Waals surface area contributed by atoms with E-state index in [1.807, 2.05) is 0 Å². The van der Waals surface area contributed by atoms with Gasteiger partial charge in [0.2, 0.25) is 10.0 Å². The van der Waals surface area contributed by atoms with E-state index in [1.54, 1.807) is 16.5 Å². The third-order valence-electron chi connectivity index (χ3n) is 6.69. The molecule has 42 heavy (non-hydrogen) atoms. The normalized spacial score (nSPS) is 19.0. The summed E-state index contributed by atoms with van der Waals surface area (Å²) in [6, 6.07) is 5.26. The number of aliphatic imine (C=N–C) groups is 1. The Balaban J connectivity index is 1.49. The van der Waals surface area contributed by atoms with Gasteiger partial charge in [0.15, 0.2) is 10.8 Å². The largest absolute Gasteiger partial charge is 0.333 e. The van der Waals surface area contributed by atoms with Crippen molar-refractivity contribution in [2.45, 2.75) is 29.9 Å². The fourth-order valence-electron chi connectivity index (χ4n) is 5.00. The standard InChI is InChI=1S/C26H18ClF5N6O2S2/c27-19-10-13(28)1-2-18(19)23-22(20-3-5-38(35-20)26(31)32)21-11-16(12-37(21)24(34-23)25-33-4-6-41-25)36-42(39,40)17-8-14(29)7-15(30)9-17/h1-10,16,23,26,36H,11-12H2/t16-,23-/m0/s1. The molecule has 0 saturated carbocycles. The minimum atomic E-state index is -4.38. The molecule has 4 aromatic rings. The van der Waals surface area contributed by atoms with Gasteiger partial charge < -0.3 is 4.90 Å². The molecule has 6 rings (SSSR count). The Bertz CT molecular complexity index is 1820. The molecule has 1 saturated heterocycles. The highest BCUT2D eigenvalue weighted by atomic mass is 35.5. The average Bonchev–Trinajstić information content (AvgIpc) is 3.68. The Kier molecular flexibility index (Phi) is 7.37. The monoisotopic (exact) mass is 640 g/mol. The SMILES string of the molecule is O=S(=O)(N[C@H]1CC2=C(c3ccn(C(F)F)n3)[C@H](c3ccc(F)cc3Cl)N=C(c3nccs3)N2C1)c1cc(F)cc(F)c1. The van der Waals surface area contributed by atoms with Gasteiger partial charge in [0, 0.05) is 64.7 Å². The second-order valence-electron chi connectivity index (χ2n) is 9.42. The molecule has 0 amide bonds. The van der Waals surface area contributed by atoms with Gasteiger partial charge in [-0.15, -0.1) is 11.3 Å². The van der Waals surface area contributed by atoms with Crippen LogP contribution in [0.25, 0.3) is 5.57 Å². The van der Waals surface area contributed by atoms with E-state index in [-0.39, 0.29) is 23.7 Å². The fourth-order valence-corrected chi connectivity index (χ4v) is 7.18. The van der Waals surface area contributed by atoms with E-state index in [1.165, 1.54) is 29.5 Å². The van der Waals surface area contributed by atoms with Crippen molar-refractivity contribution >= 4 is 44.4 Å². The van der Waals surface area contributed by atoms with Crippen molar-refractivity contribution in [1.82, 2.24) is 24.4 Å². The van der Waals surface area contributed by atoms with Gasteiger partial charge in [0.1, 0.15) is 23.5 Å². The maximum absolute atomic E-state index is 14.0. The molecule has 0 radical (unpaired) electrons. The summed E-state index contributed by atoms with van der Waals surface area (Å²) in [5.41, 5.74) is 1.32. The first-order valence-electron chi connectivity index (χ1n) is 12.3. The van der Waals surface area contributed by atoms with Crippen molar-refractivity contribution < 1.29 is 30.4 Å². The van der Waals surface area contributed by atoms with Crippen molar-refractivity contribution in [3.63, 3.8) is 0 Å². The van der Waals surface area contributed by atoms with Crippen molar-refractivity contribution in [1.29, 1.82) is 0 Å². The van der Waals surface area contributed by atoms with Gasteiger partial charge in [-0.3, -0.25) is 4.99 Å². The second-order valence-corrected chi connectivity index (χ2v) is 12.4. The summed E-state index contributed by atoms with van der Waals surface area (Å²) >= 11 is 7.70. The lowest BCUT2D eigenvalue weighted by Gasteiger charge is -2.32. The van der Waals surface area contributed by atoms with Gasteiger partial charge in [0.05, 0.1) is 10.6 Å². The Morgan fingerprint density at radius 2 is 1.81 bits per heavy atom. The molecule has 2 aliphatic heterocycles. The minimum Gasteiger partial charge on any atom is -0.326 e. The Morgan fingerprint density at radius 1 is 1.05 bits per heavy atom. The highest BCUT2D eigenvalue weighted by molar-refractivity contribution is 7.89. The summed E-state index contributed by atoms with van der Waals surface area (Å²) in [6.45, 7) is -2.91. The lowest BCUT2D eigenvalue weighted by Crippen LogP contribution is -2.39. The van der Waals surface area contributed by atoms with Gasteiger partial charge >= 0.3 is 6.55 Å². The van der Waals surface area contributed by atoms with Crippen LogP contribution in [0.4, 0.5) is 22.0 Å². The number of rotatable bonds is 7. The van der Waals surface area contributed by atoms with Crippen molar-refractivity contribution in [2.75, 3.05) is 6.54 Å². The number of amidine groups is 1. The van der Waals surface area contributed by atoms with E-state index in [9.17, 15) is 30.4 Å². The smallest absolute Gasteiger partial charge is 0.326 e. The maximum atomic E-state index is 14.0. The van der Waals surface area contributed by atoms with Crippen LogP contribution in [0.5, 0.6) is 0 Å². The van der Waals surface area contributed by atoms with Gasteiger partial charge in [-0.1, -0.05) is 17.7 Å². The number of aromatic nitrogens is 3. The summed E-state index contributed by atoms with van der Waals surface area (Å²) < 4.78 is 97.8. The lowest BCUT2D eigenvalue weighted by atomic mass is 9.92. The molecule has 2 aromatic heterocycles. The molecular formula is C26H18ClF5N6O2S2. The van der Waals surface area contributed by atoms with Crippen LogP contribution in [-0.4, -0.2) is 46.5 Å². The van der Waals surface area contributed by atoms with E-state index in [0.717, 1.165) is 12.3 Å². The lowest BCUT2D eigenvalue weighted by molar-refractivity contribution is 0.0564. The first kappa shape index (κ1) is 28.5. The molecule has 16 heteroatoms. The number of sulfonamides is 1. The summed E-state index contributed by atoms with van der Waals surface area (Å²) in [7, 11) is -4.38. The summed E-state index contributed by atoms with van der Waals surface area (Å²) in [6.07, 6.45) is 2.67. The molecule has 2 aromatic carbocycles. The topological polar surface area (TPSA) is 92.5 Å². The predicted molar refractivity (Wildman–Crippen MR) is 145 cm³/mol. The van der Waals surface area contributed by atoms with Crippen LogP contribution in [0.2, 0.25) is 5.02 Å². The van der Waals surface area contributed by atoms with E-state index < -0.39 is 51.0 Å². The number of hydrogen-bond acceptors (Lipinski definition) is 7. The third-order valence-corrected chi connectivity index (χ3v) is 9.29. The zero-order valence-electron chi connectivity index (χ0n) is 21.1. The number of nitrogens with one attached hydrogen (secondary N) is 1.